The number of carbonyl (C=O) groups is 1. The minimum absolute atomic E-state index is 0.133. The molecule has 0 amide bonds. The molecule has 15 heavy (non-hydrogen) atoms. The number of hydrogen-bond acceptors (Lipinski definition) is 4. The molecule has 4 heteroatoms. The van der Waals surface area contributed by atoms with Gasteiger partial charge in [0.1, 0.15) is 6.61 Å². The molecule has 0 aliphatic heterocycles. The van der Waals surface area contributed by atoms with Crippen LogP contribution in [0.4, 0.5) is 4.79 Å². The molecule has 0 aromatic heterocycles. The first-order valence-electron chi connectivity index (χ1n) is 5.20. The molecular formula is C11H20O4. The van der Waals surface area contributed by atoms with Crippen LogP contribution in [-0.2, 0) is 9.47 Å². The topological polar surface area (TPSA) is 55.8 Å². The molecule has 4 nitrogen and oxygen atoms in total. The van der Waals surface area contributed by atoms with Crippen molar-refractivity contribution in [3.05, 3.63) is 12.2 Å². The zero-order chi connectivity index (χ0) is 11.7. The summed E-state index contributed by atoms with van der Waals surface area (Å²) in [5.74, 6) is 0.440. The fraction of sp³-hybridized carbons (Fsp3) is 0.727. The second kappa shape index (κ2) is 8.29. The molecule has 0 aromatic carbocycles. The Balaban J connectivity index is 3.57. The quantitative estimate of drug-likeness (QED) is 0.546. The highest BCUT2D eigenvalue weighted by Crippen LogP contribution is 2.05. The Morgan fingerprint density at radius 1 is 1.40 bits per heavy atom. The average Bonchev–Trinajstić information content (AvgIpc) is 2.12. The van der Waals surface area contributed by atoms with Crippen molar-refractivity contribution in [3.63, 3.8) is 0 Å². The maximum atomic E-state index is 10.7. The van der Waals surface area contributed by atoms with Gasteiger partial charge in [0.2, 0.25) is 0 Å². The molecule has 1 unspecified atom stereocenters. The first-order valence-corrected chi connectivity index (χ1v) is 5.20. The zero-order valence-electron chi connectivity index (χ0n) is 9.60. The van der Waals surface area contributed by atoms with E-state index in [1.807, 2.05) is 13.8 Å². The van der Waals surface area contributed by atoms with Crippen LogP contribution >= 0.6 is 0 Å². The second-order valence-electron chi connectivity index (χ2n) is 3.62. The Labute approximate surface area is 90.9 Å². The molecule has 1 N–H and O–H groups in total. The molecule has 0 aliphatic carbocycles. The van der Waals surface area contributed by atoms with E-state index in [9.17, 15) is 9.90 Å². The number of ether oxygens (including phenoxy) is 2. The lowest BCUT2D eigenvalue weighted by Gasteiger charge is -2.07. The van der Waals surface area contributed by atoms with Crippen molar-refractivity contribution in [2.75, 3.05) is 13.2 Å². The maximum Gasteiger partial charge on any atom is 0.508 e. The summed E-state index contributed by atoms with van der Waals surface area (Å²) in [6, 6.07) is 0. The van der Waals surface area contributed by atoms with Gasteiger partial charge in [-0.1, -0.05) is 19.9 Å². The molecule has 0 aromatic rings. The molecule has 0 heterocycles. The van der Waals surface area contributed by atoms with Gasteiger partial charge in [-0.2, -0.15) is 0 Å². The molecule has 0 saturated heterocycles. The fourth-order valence-electron chi connectivity index (χ4n) is 1.05. The summed E-state index contributed by atoms with van der Waals surface area (Å²) in [6.45, 7) is 6.22. The predicted molar refractivity (Wildman–Crippen MR) is 57.6 cm³/mol. The molecule has 88 valence electrons. The highest BCUT2D eigenvalue weighted by Gasteiger charge is 2.02. The lowest BCUT2D eigenvalue weighted by Crippen LogP contribution is -2.09. The minimum Gasteiger partial charge on any atom is -0.435 e. The largest absolute Gasteiger partial charge is 0.508 e. The van der Waals surface area contributed by atoms with Gasteiger partial charge in [-0.15, -0.1) is 0 Å². The Bertz CT molecular complexity index is 199. The Morgan fingerprint density at radius 2 is 2.07 bits per heavy atom. The van der Waals surface area contributed by atoms with Crippen LogP contribution in [0, 0.1) is 5.92 Å². The fourth-order valence-corrected chi connectivity index (χ4v) is 1.05. The van der Waals surface area contributed by atoms with E-state index in [1.54, 1.807) is 19.1 Å². The number of aliphatic hydroxyl groups excluding tert-OH is 1. The van der Waals surface area contributed by atoms with Crippen LogP contribution < -0.4 is 0 Å². The highest BCUT2D eigenvalue weighted by molar-refractivity contribution is 5.59. The molecule has 0 rings (SSSR count). The second-order valence-corrected chi connectivity index (χ2v) is 3.62. The predicted octanol–water partition coefficient (Wildman–Crippen LogP) is 2.12. The first-order chi connectivity index (χ1) is 7.06. The molecule has 0 radical (unpaired) electrons. The van der Waals surface area contributed by atoms with Gasteiger partial charge in [0, 0.05) is 0 Å². The summed E-state index contributed by atoms with van der Waals surface area (Å²) in [6.07, 6.45) is 2.79. The summed E-state index contributed by atoms with van der Waals surface area (Å²) >= 11 is 0. The molecule has 0 bridgehead atoms. The van der Waals surface area contributed by atoms with E-state index in [1.165, 1.54) is 0 Å². The third kappa shape index (κ3) is 9.28. The van der Waals surface area contributed by atoms with E-state index in [4.69, 9.17) is 0 Å². The van der Waals surface area contributed by atoms with Crippen LogP contribution in [-0.4, -0.2) is 30.6 Å². The summed E-state index contributed by atoms with van der Waals surface area (Å²) in [7, 11) is 0. The number of carbonyl (C=O) groups excluding carboxylic acids is 1. The molecule has 0 fully saturated rings. The van der Waals surface area contributed by atoms with E-state index >= 15 is 0 Å². The number of aliphatic hydroxyl groups is 1. The van der Waals surface area contributed by atoms with Gasteiger partial charge in [-0.05, 0) is 25.3 Å². The molecule has 0 aliphatic rings. The van der Waals surface area contributed by atoms with Crippen LogP contribution in [0.15, 0.2) is 12.2 Å². The number of rotatable bonds is 6. The Morgan fingerprint density at radius 3 is 2.60 bits per heavy atom. The van der Waals surface area contributed by atoms with Gasteiger partial charge in [0.05, 0.1) is 12.7 Å². The lowest BCUT2D eigenvalue weighted by atomic mass is 10.1. The zero-order valence-corrected chi connectivity index (χ0v) is 9.60. The van der Waals surface area contributed by atoms with Gasteiger partial charge >= 0.3 is 6.16 Å². The van der Waals surface area contributed by atoms with Crippen LogP contribution in [0.2, 0.25) is 0 Å². The van der Waals surface area contributed by atoms with Crippen molar-refractivity contribution in [2.45, 2.75) is 33.3 Å². The minimum atomic E-state index is -0.680. The third-order valence-corrected chi connectivity index (χ3v) is 1.63. The van der Waals surface area contributed by atoms with Gasteiger partial charge in [-0.3, -0.25) is 0 Å². The van der Waals surface area contributed by atoms with Crippen LogP contribution in [0.25, 0.3) is 0 Å². The summed E-state index contributed by atoms with van der Waals surface area (Å²) < 4.78 is 9.23. The van der Waals surface area contributed by atoms with Crippen LogP contribution in [0.3, 0.4) is 0 Å². The van der Waals surface area contributed by atoms with Crippen molar-refractivity contribution in [3.8, 4) is 0 Å². The average molecular weight is 216 g/mol. The van der Waals surface area contributed by atoms with Crippen molar-refractivity contribution < 1.29 is 19.4 Å². The van der Waals surface area contributed by atoms with Crippen molar-refractivity contribution in [1.82, 2.24) is 0 Å². The van der Waals surface area contributed by atoms with Crippen molar-refractivity contribution in [1.29, 1.82) is 0 Å². The van der Waals surface area contributed by atoms with E-state index in [2.05, 4.69) is 9.47 Å². The Hall–Kier alpha value is -1.03. The van der Waals surface area contributed by atoms with Crippen LogP contribution in [0.1, 0.15) is 27.2 Å². The summed E-state index contributed by atoms with van der Waals surface area (Å²) in [5, 5.41) is 9.43. The lowest BCUT2D eigenvalue weighted by molar-refractivity contribution is 0.0670. The Kier molecular flexibility index (Phi) is 7.72. The third-order valence-electron chi connectivity index (χ3n) is 1.63. The monoisotopic (exact) mass is 216 g/mol. The van der Waals surface area contributed by atoms with Gasteiger partial charge in [0.25, 0.3) is 0 Å². The maximum absolute atomic E-state index is 10.7. The number of hydrogen-bond donors (Lipinski definition) is 1. The van der Waals surface area contributed by atoms with Gasteiger partial charge < -0.3 is 14.6 Å². The highest BCUT2D eigenvalue weighted by atomic mass is 16.7. The molecule has 0 spiro atoms. The van der Waals surface area contributed by atoms with Gasteiger partial charge in [-0.25, -0.2) is 4.79 Å². The first kappa shape index (κ1) is 14.0. The molecular weight excluding hydrogens is 196 g/mol. The normalized spacial score (nSPS) is 13.1. The van der Waals surface area contributed by atoms with E-state index in [0.29, 0.717) is 18.9 Å². The van der Waals surface area contributed by atoms with E-state index in [-0.39, 0.29) is 6.61 Å². The smallest absolute Gasteiger partial charge is 0.435 e. The van der Waals surface area contributed by atoms with Crippen molar-refractivity contribution in [2.24, 2.45) is 5.92 Å². The standard InChI is InChI=1S/C11H20O4/c1-4-14-11(13)15-7-5-6-10(12)8-9(2)3/h5-6,9-10,12H,4,7-8H2,1-3H3/b6-5+. The van der Waals surface area contributed by atoms with Crippen molar-refractivity contribution >= 4 is 6.16 Å². The summed E-state index contributed by atoms with van der Waals surface area (Å²) in [5.41, 5.74) is 0. The van der Waals surface area contributed by atoms with E-state index < -0.39 is 12.3 Å². The summed E-state index contributed by atoms with van der Waals surface area (Å²) in [4.78, 5) is 10.7. The van der Waals surface area contributed by atoms with Crippen LogP contribution in [0.5, 0.6) is 0 Å². The molecule has 0 saturated carbocycles. The van der Waals surface area contributed by atoms with E-state index in [0.717, 1.165) is 0 Å². The van der Waals surface area contributed by atoms with Gasteiger partial charge in [0.15, 0.2) is 0 Å². The molecule has 1 atom stereocenters. The SMILES string of the molecule is CCOC(=O)OC/C=C/C(O)CC(C)C.